The second-order valence-electron chi connectivity index (χ2n) is 3.08. The van der Waals surface area contributed by atoms with Gasteiger partial charge >= 0.3 is 0 Å². The van der Waals surface area contributed by atoms with Gasteiger partial charge in [0.15, 0.2) is 0 Å². The fraction of sp³-hybridized carbons (Fsp3) is 0.333. The highest BCUT2D eigenvalue weighted by Gasteiger charge is 2.02. The molecule has 1 atom stereocenters. The van der Waals surface area contributed by atoms with Crippen LogP contribution in [0.15, 0.2) is 17.2 Å². The molecular formula is C9H13NOS. The first kappa shape index (κ1) is 9.26. The van der Waals surface area contributed by atoms with Gasteiger partial charge in [-0.15, -0.1) is 0 Å². The van der Waals surface area contributed by atoms with Gasteiger partial charge in [-0.2, -0.15) is 0 Å². The molecular weight excluding hydrogens is 170 g/mol. The summed E-state index contributed by atoms with van der Waals surface area (Å²) >= 11 is 0. The molecule has 0 amide bonds. The maximum absolute atomic E-state index is 11.5. The first-order valence-corrected chi connectivity index (χ1v) is 5.80. The van der Waals surface area contributed by atoms with Crippen LogP contribution in [0.2, 0.25) is 0 Å². The Morgan fingerprint density at radius 2 is 2.08 bits per heavy atom. The third-order valence-corrected chi connectivity index (χ3v) is 3.03. The summed E-state index contributed by atoms with van der Waals surface area (Å²) in [4.78, 5) is 4.85. The van der Waals surface area contributed by atoms with Crippen LogP contribution >= 0.6 is 0 Å². The summed E-state index contributed by atoms with van der Waals surface area (Å²) in [7, 11) is -2.10. The van der Waals surface area contributed by atoms with E-state index in [1.807, 2.05) is 19.9 Å². The van der Waals surface area contributed by atoms with Gasteiger partial charge in [0, 0.05) is 23.0 Å². The van der Waals surface area contributed by atoms with Crippen LogP contribution in [0.4, 0.5) is 0 Å². The SMILES string of the molecule is C=S(C)(=O)c1cnc(C)c(C)c1. The average molecular weight is 183 g/mol. The number of pyridine rings is 1. The Balaban J connectivity index is 3.33. The highest BCUT2D eigenvalue weighted by molar-refractivity contribution is 7.99. The fourth-order valence-corrected chi connectivity index (χ4v) is 1.56. The molecule has 0 spiro atoms. The van der Waals surface area contributed by atoms with Crippen LogP contribution in [-0.2, 0) is 9.52 Å². The van der Waals surface area contributed by atoms with Crippen molar-refractivity contribution in [2.75, 3.05) is 6.26 Å². The topological polar surface area (TPSA) is 30.0 Å². The zero-order chi connectivity index (χ0) is 9.35. The maximum Gasteiger partial charge on any atom is 0.0488 e. The summed E-state index contributed by atoms with van der Waals surface area (Å²) in [6.45, 7) is 3.89. The number of aromatic nitrogens is 1. The number of nitrogens with zero attached hydrogens (tertiary/aromatic N) is 1. The number of rotatable bonds is 1. The monoisotopic (exact) mass is 183 g/mol. The van der Waals surface area contributed by atoms with Crippen LogP contribution in [0.3, 0.4) is 0 Å². The summed E-state index contributed by atoms with van der Waals surface area (Å²) in [6.07, 6.45) is 3.26. The number of hydrogen-bond donors (Lipinski definition) is 0. The van der Waals surface area contributed by atoms with Gasteiger partial charge in [-0.25, -0.2) is 0 Å². The van der Waals surface area contributed by atoms with E-state index in [0.29, 0.717) is 0 Å². The molecule has 12 heavy (non-hydrogen) atoms. The van der Waals surface area contributed by atoms with Gasteiger partial charge in [0.25, 0.3) is 0 Å². The minimum absolute atomic E-state index is 0.727. The molecule has 0 aliphatic carbocycles. The van der Waals surface area contributed by atoms with Crippen molar-refractivity contribution in [2.24, 2.45) is 0 Å². The largest absolute Gasteiger partial charge is 0.263 e. The summed E-state index contributed by atoms with van der Waals surface area (Å²) in [5.41, 5.74) is 2.04. The molecule has 0 aromatic carbocycles. The van der Waals surface area contributed by atoms with Crippen LogP contribution in [0.5, 0.6) is 0 Å². The van der Waals surface area contributed by atoms with Crippen LogP contribution < -0.4 is 0 Å². The van der Waals surface area contributed by atoms with Crippen molar-refractivity contribution >= 4 is 15.4 Å². The molecule has 0 saturated carbocycles. The molecule has 0 saturated heterocycles. The molecule has 0 fully saturated rings. The Kier molecular flexibility index (Phi) is 2.24. The van der Waals surface area contributed by atoms with Crippen LogP contribution in [0.25, 0.3) is 0 Å². The zero-order valence-corrected chi connectivity index (χ0v) is 8.44. The summed E-state index contributed by atoms with van der Waals surface area (Å²) in [6, 6.07) is 1.89. The van der Waals surface area contributed by atoms with Gasteiger partial charge in [0.1, 0.15) is 0 Å². The van der Waals surface area contributed by atoms with Crippen molar-refractivity contribution < 1.29 is 4.21 Å². The number of hydrogen-bond acceptors (Lipinski definition) is 2. The number of aryl methyl sites for hydroxylation is 2. The van der Waals surface area contributed by atoms with Crippen molar-refractivity contribution in [1.82, 2.24) is 4.98 Å². The van der Waals surface area contributed by atoms with E-state index in [1.54, 1.807) is 12.5 Å². The lowest BCUT2D eigenvalue weighted by molar-refractivity contribution is 0.684. The van der Waals surface area contributed by atoms with Gasteiger partial charge in [-0.1, -0.05) is 0 Å². The molecule has 0 N–H and O–H groups in total. The Morgan fingerprint density at radius 1 is 1.50 bits per heavy atom. The van der Waals surface area contributed by atoms with Crippen molar-refractivity contribution in [1.29, 1.82) is 0 Å². The molecule has 1 rings (SSSR count). The quantitative estimate of drug-likeness (QED) is 0.616. The molecule has 0 radical (unpaired) electrons. The van der Waals surface area contributed by atoms with Crippen LogP contribution in [-0.4, -0.2) is 21.3 Å². The van der Waals surface area contributed by atoms with E-state index in [1.165, 1.54) is 0 Å². The molecule has 2 nitrogen and oxygen atoms in total. The standard InChI is InChI=1S/C9H13NOS/c1-7-5-9(12(3,4)11)6-10-8(7)2/h5-6H,3H2,1-2,4H3. The van der Waals surface area contributed by atoms with Crippen LogP contribution in [0, 0.1) is 13.8 Å². The summed E-state index contributed by atoms with van der Waals surface area (Å²) < 4.78 is 11.5. The Morgan fingerprint density at radius 3 is 2.50 bits per heavy atom. The van der Waals surface area contributed by atoms with Gasteiger partial charge < -0.3 is 0 Å². The third kappa shape index (κ3) is 1.85. The van der Waals surface area contributed by atoms with E-state index in [2.05, 4.69) is 10.9 Å². The van der Waals surface area contributed by atoms with Gasteiger partial charge in [0.2, 0.25) is 0 Å². The van der Waals surface area contributed by atoms with Gasteiger partial charge in [-0.3, -0.25) is 9.19 Å². The molecule has 0 aliphatic rings. The lowest BCUT2D eigenvalue weighted by atomic mass is 10.2. The molecule has 66 valence electrons. The van der Waals surface area contributed by atoms with E-state index in [-0.39, 0.29) is 0 Å². The zero-order valence-electron chi connectivity index (χ0n) is 7.63. The Labute approximate surface area is 73.7 Å². The normalized spacial score (nSPS) is 15.6. The average Bonchev–Trinajstić information content (AvgIpc) is 1.92. The van der Waals surface area contributed by atoms with Gasteiger partial charge in [0.05, 0.1) is 0 Å². The van der Waals surface area contributed by atoms with E-state index in [4.69, 9.17) is 0 Å². The van der Waals surface area contributed by atoms with Crippen LogP contribution in [0.1, 0.15) is 11.3 Å². The molecule has 1 aromatic heterocycles. The molecule has 3 heteroatoms. The molecule has 1 unspecified atom stereocenters. The van der Waals surface area contributed by atoms with Crippen molar-refractivity contribution in [3.63, 3.8) is 0 Å². The minimum Gasteiger partial charge on any atom is -0.263 e. The van der Waals surface area contributed by atoms with E-state index >= 15 is 0 Å². The summed E-state index contributed by atoms with van der Waals surface area (Å²) in [5, 5.41) is 0. The van der Waals surface area contributed by atoms with E-state index in [9.17, 15) is 4.21 Å². The third-order valence-electron chi connectivity index (χ3n) is 1.81. The van der Waals surface area contributed by atoms with E-state index < -0.39 is 9.52 Å². The van der Waals surface area contributed by atoms with Crippen molar-refractivity contribution in [3.8, 4) is 0 Å². The van der Waals surface area contributed by atoms with Crippen molar-refractivity contribution in [2.45, 2.75) is 18.7 Å². The fourth-order valence-electron chi connectivity index (χ4n) is 0.853. The highest BCUT2D eigenvalue weighted by atomic mass is 32.2. The first-order chi connectivity index (χ1) is 5.41. The second kappa shape index (κ2) is 2.90. The molecule has 0 aliphatic heterocycles. The second-order valence-corrected chi connectivity index (χ2v) is 5.56. The molecule has 1 aromatic rings. The Hall–Kier alpha value is -0.830. The highest BCUT2D eigenvalue weighted by Crippen LogP contribution is 2.11. The van der Waals surface area contributed by atoms with E-state index in [0.717, 1.165) is 16.2 Å². The predicted octanol–water partition coefficient (Wildman–Crippen LogP) is 1.40. The van der Waals surface area contributed by atoms with Crippen molar-refractivity contribution in [3.05, 3.63) is 23.5 Å². The summed E-state index contributed by atoms with van der Waals surface area (Å²) in [5.74, 6) is 3.60. The lowest BCUT2D eigenvalue weighted by Crippen LogP contribution is -1.99. The Bertz CT molecular complexity index is 393. The maximum atomic E-state index is 11.5. The first-order valence-electron chi connectivity index (χ1n) is 3.67. The molecule has 0 bridgehead atoms. The molecule has 1 heterocycles. The lowest BCUT2D eigenvalue weighted by Gasteiger charge is -2.04. The smallest absolute Gasteiger partial charge is 0.0488 e. The predicted molar refractivity (Wildman–Crippen MR) is 53.2 cm³/mol. The van der Waals surface area contributed by atoms with Gasteiger partial charge in [-0.05, 0) is 40.9 Å². The minimum atomic E-state index is -2.10.